The van der Waals surface area contributed by atoms with E-state index in [9.17, 15) is 13.2 Å². The molecule has 1 aromatic carbocycles. The minimum absolute atomic E-state index is 0.278. The van der Waals surface area contributed by atoms with Crippen LogP contribution in [0.1, 0.15) is 11.1 Å². The van der Waals surface area contributed by atoms with Crippen molar-refractivity contribution in [2.45, 2.75) is 6.18 Å². The van der Waals surface area contributed by atoms with E-state index < -0.39 is 11.7 Å². The minimum atomic E-state index is -4.45. The van der Waals surface area contributed by atoms with Gasteiger partial charge in [0.25, 0.3) is 0 Å². The van der Waals surface area contributed by atoms with Crippen LogP contribution in [0.25, 0.3) is 0 Å². The summed E-state index contributed by atoms with van der Waals surface area (Å²) < 4.78 is 37.2. The smallest absolute Gasteiger partial charge is 0.166 e. The SMILES string of the molecule is FC(F)(F)c1cc(C#CCS)ccc1Cl. The Kier molecular flexibility index (Phi) is 3.95. The van der Waals surface area contributed by atoms with Crippen LogP contribution in [-0.2, 0) is 6.18 Å². The van der Waals surface area contributed by atoms with E-state index in [2.05, 4.69) is 24.5 Å². The third-order valence-electron chi connectivity index (χ3n) is 1.58. The van der Waals surface area contributed by atoms with Crippen molar-refractivity contribution in [3.8, 4) is 11.8 Å². The second-order valence-corrected chi connectivity index (χ2v) is 3.38. The number of hydrogen-bond acceptors (Lipinski definition) is 1. The topological polar surface area (TPSA) is 0 Å². The maximum Gasteiger partial charge on any atom is 0.417 e. The van der Waals surface area contributed by atoms with Gasteiger partial charge in [-0.25, -0.2) is 0 Å². The molecule has 0 saturated heterocycles. The molecule has 0 spiro atoms. The first-order valence-corrected chi connectivity index (χ1v) is 4.92. The summed E-state index contributed by atoms with van der Waals surface area (Å²) in [5, 5.41) is -0.320. The van der Waals surface area contributed by atoms with Gasteiger partial charge in [0.2, 0.25) is 0 Å². The van der Waals surface area contributed by atoms with Gasteiger partial charge in [-0.15, -0.1) is 0 Å². The Bertz CT molecular complexity index is 415. The number of alkyl halides is 3. The van der Waals surface area contributed by atoms with Crippen LogP contribution in [0.15, 0.2) is 18.2 Å². The summed E-state index contributed by atoms with van der Waals surface area (Å²) >= 11 is 9.26. The largest absolute Gasteiger partial charge is 0.417 e. The zero-order valence-corrected chi connectivity index (χ0v) is 9.05. The highest BCUT2D eigenvalue weighted by Crippen LogP contribution is 2.34. The molecule has 0 amide bonds. The summed E-state index contributed by atoms with van der Waals surface area (Å²) in [7, 11) is 0. The van der Waals surface area contributed by atoms with Gasteiger partial charge in [-0.3, -0.25) is 0 Å². The second-order valence-electron chi connectivity index (χ2n) is 2.65. The summed E-state index contributed by atoms with van der Waals surface area (Å²) in [6.45, 7) is 0. The highest BCUT2D eigenvalue weighted by molar-refractivity contribution is 7.80. The van der Waals surface area contributed by atoms with Crippen molar-refractivity contribution in [2.75, 3.05) is 5.75 Å². The molecule has 0 radical (unpaired) electrons. The van der Waals surface area contributed by atoms with Crippen LogP contribution in [0.2, 0.25) is 5.02 Å². The summed E-state index contributed by atoms with van der Waals surface area (Å²) in [5.41, 5.74) is -0.587. The van der Waals surface area contributed by atoms with Crippen LogP contribution >= 0.6 is 24.2 Å². The molecule has 5 heteroatoms. The van der Waals surface area contributed by atoms with E-state index in [1.807, 2.05) is 0 Å². The van der Waals surface area contributed by atoms with Crippen LogP contribution in [0.3, 0.4) is 0 Å². The molecule has 0 bridgehead atoms. The van der Waals surface area contributed by atoms with Crippen LogP contribution < -0.4 is 0 Å². The lowest BCUT2D eigenvalue weighted by atomic mass is 10.1. The van der Waals surface area contributed by atoms with Crippen molar-refractivity contribution in [1.29, 1.82) is 0 Å². The predicted octanol–water partition coefficient (Wildman–Crippen LogP) is 3.64. The van der Waals surface area contributed by atoms with Gasteiger partial charge in [-0.2, -0.15) is 25.8 Å². The molecule has 15 heavy (non-hydrogen) atoms. The molecule has 0 aliphatic rings. The molecule has 0 aliphatic carbocycles. The van der Waals surface area contributed by atoms with Crippen LogP contribution in [-0.4, -0.2) is 5.75 Å². The van der Waals surface area contributed by atoms with E-state index in [4.69, 9.17) is 11.6 Å². The molecule has 80 valence electrons. The van der Waals surface area contributed by atoms with Gasteiger partial charge in [-0.1, -0.05) is 23.4 Å². The molecular formula is C10H6ClF3S. The van der Waals surface area contributed by atoms with Crippen LogP contribution in [0, 0.1) is 11.8 Å². The molecule has 0 nitrogen and oxygen atoms in total. The molecule has 0 heterocycles. The fourth-order valence-corrected chi connectivity index (χ4v) is 1.27. The fraction of sp³-hybridized carbons (Fsp3) is 0.200. The molecule has 0 atom stereocenters. The molecule has 0 fully saturated rings. The summed E-state index contributed by atoms with van der Waals surface area (Å²) in [6, 6.07) is 3.56. The Hall–Kier alpha value is -0.790. The summed E-state index contributed by atoms with van der Waals surface area (Å²) in [5.74, 6) is 5.41. The van der Waals surface area contributed by atoms with Gasteiger partial charge in [0.05, 0.1) is 16.3 Å². The Morgan fingerprint density at radius 3 is 2.53 bits per heavy atom. The summed E-state index contributed by atoms with van der Waals surface area (Å²) in [6.07, 6.45) is -4.45. The normalized spacial score (nSPS) is 10.7. The van der Waals surface area contributed by atoms with Crippen LogP contribution in [0.5, 0.6) is 0 Å². The maximum absolute atomic E-state index is 12.4. The van der Waals surface area contributed by atoms with E-state index in [1.54, 1.807) is 0 Å². The number of thiol groups is 1. The standard InChI is InChI=1S/C10H6ClF3S/c11-9-4-3-7(2-1-5-15)6-8(9)10(12,13)14/h3-4,6,15H,5H2. The monoisotopic (exact) mass is 250 g/mol. The van der Waals surface area contributed by atoms with Crippen molar-refractivity contribution >= 4 is 24.2 Å². The van der Waals surface area contributed by atoms with Gasteiger partial charge in [0.1, 0.15) is 0 Å². The highest BCUT2D eigenvalue weighted by atomic mass is 35.5. The first-order valence-electron chi connectivity index (χ1n) is 3.91. The third kappa shape index (κ3) is 3.37. The molecule has 1 rings (SSSR count). The van der Waals surface area contributed by atoms with E-state index >= 15 is 0 Å². The third-order valence-corrected chi connectivity index (χ3v) is 2.07. The van der Waals surface area contributed by atoms with E-state index in [-0.39, 0.29) is 10.6 Å². The summed E-state index contributed by atoms with van der Waals surface area (Å²) in [4.78, 5) is 0. The van der Waals surface area contributed by atoms with Gasteiger partial charge in [0, 0.05) is 5.56 Å². The average Bonchev–Trinajstić information content (AvgIpc) is 2.15. The fourth-order valence-electron chi connectivity index (χ4n) is 0.962. The molecule has 0 N–H and O–H groups in total. The van der Waals surface area contributed by atoms with Gasteiger partial charge in [0.15, 0.2) is 0 Å². The Balaban J connectivity index is 3.17. The van der Waals surface area contributed by atoms with E-state index in [0.717, 1.165) is 6.07 Å². The quantitative estimate of drug-likeness (QED) is 0.527. The lowest BCUT2D eigenvalue weighted by Crippen LogP contribution is -2.06. The van der Waals surface area contributed by atoms with Crippen molar-refractivity contribution in [3.63, 3.8) is 0 Å². The molecule has 0 saturated carbocycles. The van der Waals surface area contributed by atoms with Crippen molar-refractivity contribution < 1.29 is 13.2 Å². The minimum Gasteiger partial charge on any atom is -0.166 e. The van der Waals surface area contributed by atoms with E-state index in [1.165, 1.54) is 12.1 Å². The lowest BCUT2D eigenvalue weighted by molar-refractivity contribution is -0.137. The molecule has 0 aliphatic heterocycles. The van der Waals surface area contributed by atoms with Gasteiger partial charge >= 0.3 is 6.18 Å². The predicted molar refractivity (Wildman–Crippen MR) is 57.2 cm³/mol. The first-order chi connectivity index (χ1) is 6.95. The molecule has 0 unspecified atom stereocenters. The highest BCUT2D eigenvalue weighted by Gasteiger charge is 2.33. The van der Waals surface area contributed by atoms with E-state index in [0.29, 0.717) is 5.75 Å². The first kappa shape index (κ1) is 12.3. The number of benzene rings is 1. The maximum atomic E-state index is 12.4. The number of hydrogen-bond donors (Lipinski definition) is 1. The zero-order valence-electron chi connectivity index (χ0n) is 7.40. The molecule has 0 aromatic heterocycles. The number of rotatable bonds is 0. The Morgan fingerprint density at radius 1 is 1.33 bits per heavy atom. The van der Waals surface area contributed by atoms with Crippen molar-refractivity contribution in [2.24, 2.45) is 0 Å². The van der Waals surface area contributed by atoms with Gasteiger partial charge in [-0.05, 0) is 18.2 Å². The average molecular weight is 251 g/mol. The number of halogens is 4. The lowest BCUT2D eigenvalue weighted by Gasteiger charge is -2.08. The Morgan fingerprint density at radius 2 is 2.00 bits per heavy atom. The van der Waals surface area contributed by atoms with Crippen LogP contribution in [0.4, 0.5) is 13.2 Å². The van der Waals surface area contributed by atoms with Gasteiger partial charge < -0.3 is 0 Å². The second kappa shape index (κ2) is 4.82. The molecular weight excluding hydrogens is 245 g/mol. The Labute approximate surface area is 95.8 Å². The molecule has 1 aromatic rings. The van der Waals surface area contributed by atoms with Crippen molar-refractivity contribution in [3.05, 3.63) is 34.3 Å². The van der Waals surface area contributed by atoms with Crippen molar-refractivity contribution in [1.82, 2.24) is 0 Å². The zero-order chi connectivity index (χ0) is 11.5.